The average molecular weight is 242 g/mol. The third-order valence-corrected chi connectivity index (χ3v) is 4.04. The Morgan fingerprint density at radius 3 is 2.56 bits per heavy atom. The van der Waals surface area contributed by atoms with Crippen molar-refractivity contribution in [3.8, 4) is 6.07 Å². The van der Waals surface area contributed by atoms with Crippen molar-refractivity contribution < 1.29 is 8.42 Å². The van der Waals surface area contributed by atoms with Crippen molar-refractivity contribution in [1.82, 2.24) is 14.9 Å². The molecule has 1 rings (SSSR count). The number of hydrogen-bond donors (Lipinski definition) is 2. The zero-order chi connectivity index (χ0) is 12.2. The number of nitriles is 1. The Labute approximate surface area is 94.7 Å². The molecule has 0 radical (unpaired) electrons. The van der Waals surface area contributed by atoms with E-state index in [-0.39, 0.29) is 4.90 Å². The van der Waals surface area contributed by atoms with Gasteiger partial charge in [-0.25, -0.2) is 8.42 Å². The van der Waals surface area contributed by atoms with Crippen LogP contribution in [0.25, 0.3) is 0 Å². The summed E-state index contributed by atoms with van der Waals surface area (Å²) in [6.45, 7) is 3.54. The van der Waals surface area contributed by atoms with E-state index in [1.165, 1.54) is 12.4 Å². The lowest BCUT2D eigenvalue weighted by Crippen LogP contribution is -2.46. The van der Waals surface area contributed by atoms with Crippen LogP contribution in [0, 0.1) is 11.3 Å². The molecule has 0 fully saturated rings. The highest BCUT2D eigenvalue weighted by atomic mass is 32.2. The summed E-state index contributed by atoms with van der Waals surface area (Å²) in [7, 11) is -3.68. The van der Waals surface area contributed by atoms with Crippen molar-refractivity contribution in [3.05, 3.63) is 12.4 Å². The van der Waals surface area contributed by atoms with Gasteiger partial charge in [-0.3, -0.25) is 5.10 Å². The van der Waals surface area contributed by atoms with E-state index in [1.807, 2.05) is 6.07 Å². The minimum atomic E-state index is -3.68. The Kier molecular flexibility index (Phi) is 3.67. The van der Waals surface area contributed by atoms with E-state index in [0.717, 1.165) is 0 Å². The molecule has 0 saturated heterocycles. The zero-order valence-electron chi connectivity index (χ0n) is 9.19. The van der Waals surface area contributed by atoms with Crippen LogP contribution in [0.2, 0.25) is 0 Å². The molecule has 16 heavy (non-hydrogen) atoms. The maximum atomic E-state index is 11.9. The van der Waals surface area contributed by atoms with Gasteiger partial charge in [-0.15, -0.1) is 0 Å². The third kappa shape index (κ3) is 2.40. The molecule has 1 heterocycles. The number of nitrogens with zero attached hydrogens (tertiary/aromatic N) is 2. The van der Waals surface area contributed by atoms with Crippen molar-refractivity contribution in [2.45, 2.75) is 37.1 Å². The van der Waals surface area contributed by atoms with Crippen molar-refractivity contribution in [1.29, 1.82) is 5.26 Å². The fourth-order valence-electron chi connectivity index (χ4n) is 1.28. The van der Waals surface area contributed by atoms with Gasteiger partial charge in [0, 0.05) is 6.20 Å². The highest BCUT2D eigenvalue weighted by Gasteiger charge is 2.32. The van der Waals surface area contributed by atoms with Crippen LogP contribution >= 0.6 is 0 Å². The van der Waals surface area contributed by atoms with Gasteiger partial charge in [-0.2, -0.15) is 15.1 Å². The summed E-state index contributed by atoms with van der Waals surface area (Å²) in [6.07, 6.45) is 3.31. The van der Waals surface area contributed by atoms with Crippen LogP contribution in [0.1, 0.15) is 26.7 Å². The lowest BCUT2D eigenvalue weighted by molar-refractivity contribution is 0.446. The molecule has 0 aliphatic rings. The maximum Gasteiger partial charge on any atom is 0.245 e. The van der Waals surface area contributed by atoms with Crippen molar-refractivity contribution >= 4 is 10.0 Å². The number of H-pyrrole nitrogens is 1. The number of hydrogen-bond acceptors (Lipinski definition) is 4. The molecule has 7 heteroatoms. The van der Waals surface area contributed by atoms with Gasteiger partial charge < -0.3 is 0 Å². The summed E-state index contributed by atoms with van der Waals surface area (Å²) in [5, 5.41) is 15.0. The first-order valence-electron chi connectivity index (χ1n) is 4.93. The van der Waals surface area contributed by atoms with Crippen LogP contribution < -0.4 is 4.72 Å². The predicted octanol–water partition coefficient (Wildman–Crippen LogP) is 0.770. The second-order valence-corrected chi connectivity index (χ2v) is 5.12. The van der Waals surface area contributed by atoms with Crippen LogP contribution in [0.3, 0.4) is 0 Å². The number of sulfonamides is 1. The molecule has 0 aliphatic carbocycles. The quantitative estimate of drug-likeness (QED) is 0.796. The smallest absolute Gasteiger partial charge is 0.245 e. The van der Waals surface area contributed by atoms with Crippen molar-refractivity contribution in [3.63, 3.8) is 0 Å². The molecule has 0 bridgehead atoms. The Bertz CT molecular complexity index is 468. The summed E-state index contributed by atoms with van der Waals surface area (Å²) >= 11 is 0. The van der Waals surface area contributed by atoms with Crippen LogP contribution in [0.4, 0.5) is 0 Å². The van der Waals surface area contributed by atoms with E-state index >= 15 is 0 Å². The molecule has 1 aromatic heterocycles. The van der Waals surface area contributed by atoms with Gasteiger partial charge in [0.2, 0.25) is 10.0 Å². The van der Waals surface area contributed by atoms with E-state index in [4.69, 9.17) is 5.26 Å². The van der Waals surface area contributed by atoms with Gasteiger partial charge in [0.05, 0.1) is 12.3 Å². The molecule has 0 amide bonds. The standard InChI is InChI=1S/C9H14N4O2S/c1-3-9(4-2,7-10)13-16(14,15)8-5-11-12-6-8/h5-6,13H,3-4H2,1-2H3,(H,11,12). The molecule has 0 unspecified atom stereocenters. The highest BCUT2D eigenvalue weighted by molar-refractivity contribution is 7.89. The summed E-state index contributed by atoms with van der Waals surface area (Å²) in [5.74, 6) is 0. The zero-order valence-corrected chi connectivity index (χ0v) is 10.0. The predicted molar refractivity (Wildman–Crippen MR) is 57.8 cm³/mol. The van der Waals surface area contributed by atoms with E-state index < -0.39 is 15.6 Å². The first kappa shape index (κ1) is 12.7. The molecule has 0 aromatic carbocycles. The van der Waals surface area contributed by atoms with Gasteiger partial charge in [-0.05, 0) is 12.8 Å². The van der Waals surface area contributed by atoms with E-state index in [9.17, 15) is 8.42 Å². The lowest BCUT2D eigenvalue weighted by atomic mass is 9.97. The van der Waals surface area contributed by atoms with Crippen LogP contribution in [0.15, 0.2) is 17.3 Å². The Morgan fingerprint density at radius 2 is 2.19 bits per heavy atom. The first-order valence-corrected chi connectivity index (χ1v) is 6.42. The highest BCUT2D eigenvalue weighted by Crippen LogP contribution is 2.18. The summed E-state index contributed by atoms with van der Waals surface area (Å²) in [4.78, 5) is 0.0361. The van der Waals surface area contributed by atoms with Crippen molar-refractivity contribution in [2.75, 3.05) is 0 Å². The topological polar surface area (TPSA) is 98.6 Å². The number of nitrogens with one attached hydrogen (secondary N) is 2. The molecule has 2 N–H and O–H groups in total. The molecule has 6 nitrogen and oxygen atoms in total. The number of aromatic nitrogens is 2. The maximum absolute atomic E-state index is 11.9. The minimum absolute atomic E-state index is 0.0361. The van der Waals surface area contributed by atoms with Crippen LogP contribution in [-0.4, -0.2) is 24.2 Å². The van der Waals surface area contributed by atoms with E-state index in [1.54, 1.807) is 13.8 Å². The molecule has 88 valence electrons. The Hall–Kier alpha value is -1.39. The fraction of sp³-hybridized carbons (Fsp3) is 0.556. The van der Waals surface area contributed by atoms with Gasteiger partial charge in [0.25, 0.3) is 0 Å². The SMILES string of the molecule is CCC(C#N)(CC)NS(=O)(=O)c1cn[nH]c1. The second-order valence-electron chi connectivity index (χ2n) is 3.44. The van der Waals surface area contributed by atoms with E-state index in [2.05, 4.69) is 14.9 Å². The molecular formula is C9H14N4O2S. The third-order valence-electron chi connectivity index (χ3n) is 2.53. The largest absolute Gasteiger partial charge is 0.284 e. The Morgan fingerprint density at radius 1 is 1.56 bits per heavy atom. The summed E-state index contributed by atoms with van der Waals surface area (Å²) in [5.41, 5.74) is -1.05. The summed E-state index contributed by atoms with van der Waals surface area (Å²) in [6, 6.07) is 2.01. The lowest BCUT2D eigenvalue weighted by Gasteiger charge is -2.23. The minimum Gasteiger partial charge on any atom is -0.284 e. The number of aromatic amines is 1. The van der Waals surface area contributed by atoms with Gasteiger partial charge in [0.1, 0.15) is 10.4 Å². The van der Waals surface area contributed by atoms with Crippen molar-refractivity contribution in [2.24, 2.45) is 0 Å². The van der Waals surface area contributed by atoms with E-state index in [0.29, 0.717) is 12.8 Å². The monoisotopic (exact) mass is 242 g/mol. The van der Waals surface area contributed by atoms with Crippen LogP contribution in [-0.2, 0) is 10.0 Å². The average Bonchev–Trinajstić information content (AvgIpc) is 2.80. The molecule has 1 aromatic rings. The number of rotatable bonds is 5. The van der Waals surface area contributed by atoms with Gasteiger partial charge in [-0.1, -0.05) is 13.8 Å². The normalized spacial score (nSPS) is 12.3. The fourth-order valence-corrected chi connectivity index (χ4v) is 2.64. The van der Waals surface area contributed by atoms with Gasteiger partial charge in [0.15, 0.2) is 0 Å². The van der Waals surface area contributed by atoms with Crippen LogP contribution in [0.5, 0.6) is 0 Å². The molecular weight excluding hydrogens is 228 g/mol. The van der Waals surface area contributed by atoms with Gasteiger partial charge >= 0.3 is 0 Å². The molecule has 0 aliphatic heterocycles. The first-order chi connectivity index (χ1) is 7.49. The Balaban J connectivity index is 3.02. The molecule has 0 atom stereocenters. The molecule has 0 saturated carbocycles. The summed E-state index contributed by atoms with van der Waals surface area (Å²) < 4.78 is 26.1. The molecule has 0 spiro atoms. The second kappa shape index (κ2) is 4.63.